The Morgan fingerprint density at radius 1 is 0.964 bits per heavy atom. The number of rotatable bonds is 8. The second-order valence-corrected chi connectivity index (χ2v) is 6.21. The van der Waals surface area contributed by atoms with E-state index in [1.54, 1.807) is 39.3 Å². The van der Waals surface area contributed by atoms with Crippen molar-refractivity contribution < 1.29 is 19.1 Å². The third kappa shape index (κ3) is 6.12. The molecule has 7 heteroatoms. The predicted molar refractivity (Wildman–Crippen MR) is 109 cm³/mol. The predicted octanol–water partition coefficient (Wildman–Crippen LogP) is 3.27. The third-order valence-corrected chi connectivity index (χ3v) is 4.06. The molecule has 0 radical (unpaired) electrons. The average Bonchev–Trinajstić information content (AvgIpc) is 2.71. The Balaban J connectivity index is 1.87. The van der Waals surface area contributed by atoms with Crippen LogP contribution in [0.2, 0.25) is 0 Å². The van der Waals surface area contributed by atoms with Crippen LogP contribution in [-0.4, -0.2) is 31.7 Å². The van der Waals surface area contributed by atoms with Gasteiger partial charge in [-0.2, -0.15) is 5.10 Å². The van der Waals surface area contributed by atoms with Crippen LogP contribution in [0.15, 0.2) is 47.6 Å². The minimum atomic E-state index is -0.342. The van der Waals surface area contributed by atoms with Crippen molar-refractivity contribution >= 4 is 23.2 Å². The normalized spacial score (nSPS) is 10.9. The fourth-order valence-corrected chi connectivity index (χ4v) is 2.45. The zero-order chi connectivity index (χ0) is 20.5. The SMILES string of the molecule is COc1ccc(C(C)=NNC(=O)CCC(=O)Nc2ccc(C)cc2)c(OC)c1. The lowest BCUT2D eigenvalue weighted by Crippen LogP contribution is -2.21. The third-order valence-electron chi connectivity index (χ3n) is 4.06. The van der Waals surface area contributed by atoms with E-state index in [9.17, 15) is 9.59 Å². The first-order valence-electron chi connectivity index (χ1n) is 8.85. The molecule has 148 valence electrons. The summed E-state index contributed by atoms with van der Waals surface area (Å²) in [5, 5.41) is 6.85. The lowest BCUT2D eigenvalue weighted by atomic mass is 10.1. The molecular weight excluding hydrogens is 358 g/mol. The number of anilines is 1. The molecule has 0 aliphatic heterocycles. The molecule has 0 aromatic heterocycles. The number of nitrogens with zero attached hydrogens (tertiary/aromatic N) is 1. The van der Waals surface area contributed by atoms with E-state index in [0.717, 1.165) is 11.1 Å². The van der Waals surface area contributed by atoms with Crippen molar-refractivity contribution in [3.05, 3.63) is 53.6 Å². The van der Waals surface area contributed by atoms with E-state index < -0.39 is 0 Å². The minimum absolute atomic E-state index is 0.0359. The maximum Gasteiger partial charge on any atom is 0.240 e. The Bertz CT molecular complexity index is 860. The molecule has 0 bridgehead atoms. The van der Waals surface area contributed by atoms with Gasteiger partial charge in [0.15, 0.2) is 0 Å². The molecule has 0 unspecified atom stereocenters. The monoisotopic (exact) mass is 383 g/mol. The van der Waals surface area contributed by atoms with Crippen molar-refractivity contribution in [3.63, 3.8) is 0 Å². The van der Waals surface area contributed by atoms with Crippen molar-refractivity contribution in [2.45, 2.75) is 26.7 Å². The number of hydrogen-bond acceptors (Lipinski definition) is 5. The molecule has 2 aromatic carbocycles. The van der Waals surface area contributed by atoms with Crippen LogP contribution in [0.3, 0.4) is 0 Å². The lowest BCUT2D eigenvalue weighted by molar-refractivity contribution is -0.124. The van der Waals surface area contributed by atoms with Crippen molar-refractivity contribution in [1.82, 2.24) is 5.43 Å². The Morgan fingerprint density at radius 2 is 1.64 bits per heavy atom. The highest BCUT2D eigenvalue weighted by molar-refractivity contribution is 6.02. The molecule has 0 saturated heterocycles. The van der Waals surface area contributed by atoms with Gasteiger partial charge in [-0.15, -0.1) is 0 Å². The number of carbonyl (C=O) groups is 2. The molecule has 0 aliphatic carbocycles. The molecule has 0 fully saturated rings. The van der Waals surface area contributed by atoms with Crippen LogP contribution >= 0.6 is 0 Å². The summed E-state index contributed by atoms with van der Waals surface area (Å²) in [6.45, 7) is 3.73. The van der Waals surface area contributed by atoms with E-state index in [4.69, 9.17) is 9.47 Å². The summed E-state index contributed by atoms with van der Waals surface area (Å²) in [6, 6.07) is 12.8. The standard InChI is InChI=1S/C21H25N3O4/c1-14-5-7-16(8-6-14)22-20(25)11-12-21(26)24-23-15(2)18-10-9-17(27-3)13-19(18)28-4/h5-10,13H,11-12H2,1-4H3,(H,22,25)(H,24,26). The molecule has 0 heterocycles. The van der Waals surface area contributed by atoms with Crippen LogP contribution in [0.4, 0.5) is 5.69 Å². The van der Waals surface area contributed by atoms with Crippen LogP contribution in [-0.2, 0) is 9.59 Å². The van der Waals surface area contributed by atoms with E-state index in [0.29, 0.717) is 22.9 Å². The number of methoxy groups -OCH3 is 2. The van der Waals surface area contributed by atoms with Gasteiger partial charge in [0.1, 0.15) is 11.5 Å². The van der Waals surface area contributed by atoms with E-state index in [-0.39, 0.29) is 24.7 Å². The number of hydrogen-bond donors (Lipinski definition) is 2. The van der Waals surface area contributed by atoms with Gasteiger partial charge in [-0.25, -0.2) is 5.43 Å². The van der Waals surface area contributed by atoms with Gasteiger partial charge in [-0.1, -0.05) is 17.7 Å². The smallest absolute Gasteiger partial charge is 0.240 e. The van der Waals surface area contributed by atoms with Crippen molar-refractivity contribution in [2.24, 2.45) is 5.10 Å². The summed E-state index contributed by atoms with van der Waals surface area (Å²) in [5.41, 5.74) is 5.60. The van der Waals surface area contributed by atoms with Gasteiger partial charge >= 0.3 is 0 Å². The summed E-state index contributed by atoms with van der Waals surface area (Å²) in [7, 11) is 3.13. The first-order valence-corrected chi connectivity index (χ1v) is 8.85. The van der Waals surface area contributed by atoms with E-state index in [1.807, 2.05) is 31.2 Å². The first kappa shape index (κ1) is 21.0. The second-order valence-electron chi connectivity index (χ2n) is 6.21. The number of hydrazone groups is 1. The molecule has 2 amide bonds. The largest absolute Gasteiger partial charge is 0.497 e. The van der Waals surface area contributed by atoms with Gasteiger partial charge in [0.25, 0.3) is 0 Å². The zero-order valence-electron chi connectivity index (χ0n) is 16.5. The highest BCUT2D eigenvalue weighted by atomic mass is 16.5. The molecule has 2 aromatic rings. The highest BCUT2D eigenvalue weighted by Crippen LogP contribution is 2.25. The van der Waals surface area contributed by atoms with Gasteiger partial charge < -0.3 is 14.8 Å². The fraction of sp³-hybridized carbons (Fsp3) is 0.286. The maximum atomic E-state index is 12.0. The van der Waals surface area contributed by atoms with E-state index in [2.05, 4.69) is 15.8 Å². The van der Waals surface area contributed by atoms with Gasteiger partial charge in [0.2, 0.25) is 11.8 Å². The maximum absolute atomic E-state index is 12.0. The summed E-state index contributed by atoms with van der Waals surface area (Å²) in [5.74, 6) is 0.687. The van der Waals surface area contributed by atoms with Crippen molar-refractivity contribution in [2.75, 3.05) is 19.5 Å². The van der Waals surface area contributed by atoms with Crippen LogP contribution in [0.1, 0.15) is 30.9 Å². The summed E-state index contributed by atoms with van der Waals surface area (Å²) in [4.78, 5) is 23.9. The molecule has 28 heavy (non-hydrogen) atoms. The highest BCUT2D eigenvalue weighted by Gasteiger charge is 2.10. The summed E-state index contributed by atoms with van der Waals surface area (Å²) >= 11 is 0. The number of benzene rings is 2. The zero-order valence-corrected chi connectivity index (χ0v) is 16.5. The Morgan fingerprint density at radius 3 is 2.29 bits per heavy atom. The van der Waals surface area contributed by atoms with Crippen LogP contribution < -0.4 is 20.2 Å². The Kier molecular flexibility index (Phi) is 7.56. The number of carbonyl (C=O) groups excluding carboxylic acids is 2. The Labute approximate surface area is 164 Å². The topological polar surface area (TPSA) is 89.0 Å². The molecule has 0 saturated carbocycles. The van der Waals surface area contributed by atoms with Gasteiger partial charge in [0.05, 0.1) is 19.9 Å². The molecular formula is C21H25N3O4. The number of nitrogens with one attached hydrogen (secondary N) is 2. The van der Waals surface area contributed by atoms with Crippen LogP contribution in [0.5, 0.6) is 11.5 Å². The quantitative estimate of drug-likeness (QED) is 0.541. The number of aryl methyl sites for hydroxylation is 1. The fourth-order valence-electron chi connectivity index (χ4n) is 2.45. The minimum Gasteiger partial charge on any atom is -0.497 e. The van der Waals surface area contributed by atoms with E-state index in [1.165, 1.54) is 0 Å². The summed E-state index contributed by atoms with van der Waals surface area (Å²) in [6.07, 6.45) is 0.106. The van der Waals surface area contributed by atoms with Gasteiger partial charge in [-0.3, -0.25) is 9.59 Å². The second kappa shape index (κ2) is 10.1. The Hall–Kier alpha value is -3.35. The molecule has 7 nitrogen and oxygen atoms in total. The first-order chi connectivity index (χ1) is 13.4. The lowest BCUT2D eigenvalue weighted by Gasteiger charge is -2.10. The van der Waals surface area contributed by atoms with Crippen molar-refractivity contribution in [3.8, 4) is 11.5 Å². The summed E-state index contributed by atoms with van der Waals surface area (Å²) < 4.78 is 10.5. The average molecular weight is 383 g/mol. The van der Waals surface area contributed by atoms with Crippen LogP contribution in [0.25, 0.3) is 0 Å². The number of amides is 2. The number of ether oxygens (including phenoxy) is 2. The molecule has 2 N–H and O–H groups in total. The van der Waals surface area contributed by atoms with Crippen LogP contribution in [0, 0.1) is 6.92 Å². The van der Waals surface area contributed by atoms with Crippen molar-refractivity contribution in [1.29, 1.82) is 0 Å². The van der Waals surface area contributed by atoms with Gasteiger partial charge in [0, 0.05) is 30.2 Å². The molecule has 2 rings (SSSR count). The van der Waals surface area contributed by atoms with E-state index >= 15 is 0 Å². The molecule has 0 spiro atoms. The van der Waals surface area contributed by atoms with Gasteiger partial charge in [-0.05, 0) is 38.1 Å². The molecule has 0 aliphatic rings. The molecule has 0 atom stereocenters.